The summed E-state index contributed by atoms with van der Waals surface area (Å²) in [6, 6.07) is 0. The Hall–Kier alpha value is -2.18. The fourth-order valence-electron chi connectivity index (χ4n) is 1.76. The Kier molecular flexibility index (Phi) is 8.51. The third-order valence-electron chi connectivity index (χ3n) is 3.07. The topological polar surface area (TPSA) is 0 Å². The first-order chi connectivity index (χ1) is 10.2. The predicted molar refractivity (Wildman–Crippen MR) is 92.1 cm³/mol. The zero-order chi connectivity index (χ0) is 15.3. The Bertz CT molecular complexity index is 620. The van der Waals surface area contributed by atoms with Gasteiger partial charge in [-0.15, -0.1) is 0 Å². The molecule has 0 heteroatoms. The van der Waals surface area contributed by atoms with Gasteiger partial charge in [0, 0.05) is 0 Å². The van der Waals surface area contributed by atoms with Gasteiger partial charge < -0.3 is 0 Å². The highest BCUT2D eigenvalue weighted by Crippen LogP contribution is 2.08. The predicted octanol–water partition coefficient (Wildman–Crippen LogP) is 6.13. The van der Waals surface area contributed by atoms with Crippen LogP contribution >= 0.6 is 0 Å². The third-order valence-corrected chi connectivity index (χ3v) is 3.07. The molecule has 0 spiro atoms. The van der Waals surface area contributed by atoms with Crippen LogP contribution in [0, 0.1) is 0 Å². The number of hydrogen-bond donors (Lipinski definition) is 0. The van der Waals surface area contributed by atoms with E-state index in [1.54, 1.807) is 0 Å². The van der Waals surface area contributed by atoms with Crippen molar-refractivity contribution in [3.05, 3.63) is 82.2 Å². The second-order valence-electron chi connectivity index (χ2n) is 5.25. The van der Waals surface area contributed by atoms with Crippen LogP contribution in [0.5, 0.6) is 0 Å². The van der Waals surface area contributed by atoms with Gasteiger partial charge in [0.25, 0.3) is 0 Å². The van der Waals surface area contributed by atoms with Crippen molar-refractivity contribution >= 4 is 0 Å². The number of hydrogen-bond acceptors (Lipinski definition) is 0. The van der Waals surface area contributed by atoms with Gasteiger partial charge in [-0.05, 0) is 69.8 Å². The molecule has 0 fully saturated rings. The van der Waals surface area contributed by atoms with E-state index in [1.165, 1.54) is 30.4 Å². The third kappa shape index (κ3) is 9.37. The largest absolute Gasteiger partial charge is 0.0842 e. The molecule has 0 unspecified atom stereocenters. The molecule has 0 saturated heterocycles. The number of allylic oxidation sites excluding steroid dienone is 10. The van der Waals surface area contributed by atoms with E-state index in [0.717, 1.165) is 12.0 Å². The standard InChI is InChI=1S/C7H10.C7H8.C7H6/c3*1-7-5-3-2-4-6-7/h2-3,5H,4,6H2,1H3;2H,3,5H2,1H3;2-3,5H,1H3. The molecule has 0 bridgehead atoms. The first kappa shape index (κ1) is 16.9. The summed E-state index contributed by atoms with van der Waals surface area (Å²) < 4.78 is 0. The van der Waals surface area contributed by atoms with Crippen molar-refractivity contribution in [2.45, 2.75) is 46.5 Å². The second kappa shape index (κ2) is 10.6. The van der Waals surface area contributed by atoms with Gasteiger partial charge in [-0.1, -0.05) is 58.9 Å². The maximum absolute atomic E-state index is 2.99. The zero-order valence-corrected chi connectivity index (χ0v) is 13.4. The normalized spacial score (nSPS) is 17.0. The van der Waals surface area contributed by atoms with Gasteiger partial charge in [0.2, 0.25) is 0 Å². The average molecular weight is 276 g/mol. The molecule has 108 valence electrons. The maximum Gasteiger partial charge on any atom is -0.000703 e. The molecule has 0 aliphatic heterocycles. The Morgan fingerprint density at radius 2 is 1.76 bits per heavy atom. The van der Waals surface area contributed by atoms with Crippen LogP contribution in [0.15, 0.2) is 82.2 Å². The highest BCUT2D eigenvalue weighted by Gasteiger charge is 1.88. The van der Waals surface area contributed by atoms with Gasteiger partial charge in [-0.3, -0.25) is 0 Å². The number of rotatable bonds is 0. The highest BCUT2D eigenvalue weighted by molar-refractivity contribution is 5.23. The van der Waals surface area contributed by atoms with Crippen molar-refractivity contribution in [3.8, 4) is 0 Å². The monoisotopic (exact) mass is 276 g/mol. The Balaban J connectivity index is 0.000000157. The molecule has 3 rings (SSSR count). The van der Waals surface area contributed by atoms with E-state index in [-0.39, 0.29) is 0 Å². The van der Waals surface area contributed by atoms with E-state index in [2.05, 4.69) is 55.0 Å². The van der Waals surface area contributed by atoms with Gasteiger partial charge >= 0.3 is 0 Å². The summed E-state index contributed by atoms with van der Waals surface area (Å²) in [5, 5.41) is 0. The second-order valence-corrected chi connectivity index (χ2v) is 5.25. The summed E-state index contributed by atoms with van der Waals surface area (Å²) in [6.07, 6.45) is 19.1. The van der Waals surface area contributed by atoms with Gasteiger partial charge in [-0.2, -0.15) is 0 Å². The van der Waals surface area contributed by atoms with Crippen LogP contribution in [0.4, 0.5) is 0 Å². The molecule has 0 heterocycles. The van der Waals surface area contributed by atoms with Crippen LogP contribution in [0.1, 0.15) is 46.5 Å². The molecule has 21 heavy (non-hydrogen) atoms. The Morgan fingerprint density at radius 3 is 2.05 bits per heavy atom. The smallest absolute Gasteiger partial charge is 0.000703 e. The van der Waals surface area contributed by atoms with Crippen LogP contribution in [0.2, 0.25) is 0 Å². The molecule has 0 saturated carbocycles. The average Bonchev–Trinajstić information content (AvgIpc) is 2.51. The molecule has 0 radical (unpaired) electrons. The van der Waals surface area contributed by atoms with Crippen molar-refractivity contribution in [2.75, 3.05) is 0 Å². The van der Waals surface area contributed by atoms with Gasteiger partial charge in [0.15, 0.2) is 0 Å². The lowest BCUT2D eigenvalue weighted by Gasteiger charge is -1.98. The molecule has 3 aliphatic carbocycles. The fraction of sp³-hybridized carbons (Fsp3) is 0.333. The zero-order valence-electron chi connectivity index (χ0n) is 13.4. The van der Waals surface area contributed by atoms with Crippen LogP contribution in [-0.4, -0.2) is 0 Å². The van der Waals surface area contributed by atoms with E-state index >= 15 is 0 Å². The fourth-order valence-corrected chi connectivity index (χ4v) is 1.76. The van der Waals surface area contributed by atoms with E-state index in [1.807, 2.05) is 31.2 Å². The molecular weight excluding hydrogens is 252 g/mol. The van der Waals surface area contributed by atoms with E-state index in [9.17, 15) is 0 Å². The van der Waals surface area contributed by atoms with Crippen molar-refractivity contribution in [1.29, 1.82) is 0 Å². The Morgan fingerprint density at radius 1 is 0.905 bits per heavy atom. The summed E-state index contributed by atoms with van der Waals surface area (Å²) in [6.45, 7) is 6.25. The molecule has 0 atom stereocenters. The molecule has 0 N–H and O–H groups in total. The lowest BCUT2D eigenvalue weighted by molar-refractivity contribution is 0.962. The van der Waals surface area contributed by atoms with Crippen LogP contribution in [-0.2, 0) is 0 Å². The molecule has 0 aromatic carbocycles. The van der Waals surface area contributed by atoms with Gasteiger partial charge in [0.1, 0.15) is 0 Å². The van der Waals surface area contributed by atoms with Crippen LogP contribution < -0.4 is 0 Å². The van der Waals surface area contributed by atoms with Crippen LogP contribution in [0.25, 0.3) is 0 Å². The summed E-state index contributed by atoms with van der Waals surface area (Å²) in [5.74, 6) is 0. The van der Waals surface area contributed by atoms with Gasteiger partial charge in [0.05, 0.1) is 0 Å². The molecule has 0 aromatic heterocycles. The molecular formula is C21H24. The lowest BCUT2D eigenvalue weighted by atomic mass is 10.1. The van der Waals surface area contributed by atoms with Crippen molar-refractivity contribution < 1.29 is 0 Å². The SMILES string of the molecule is CC1=C=C=CC=C1.CC1=C=C=CCC1.CC1=CC=CCC1. The quantitative estimate of drug-likeness (QED) is 0.467. The first-order valence-electron chi connectivity index (χ1n) is 7.51. The minimum Gasteiger partial charge on any atom is -0.0842 e. The van der Waals surface area contributed by atoms with Crippen molar-refractivity contribution in [3.63, 3.8) is 0 Å². The van der Waals surface area contributed by atoms with Crippen molar-refractivity contribution in [1.82, 2.24) is 0 Å². The molecule has 0 amide bonds. The summed E-state index contributed by atoms with van der Waals surface area (Å²) in [4.78, 5) is 0. The first-order valence-corrected chi connectivity index (χ1v) is 7.51. The summed E-state index contributed by atoms with van der Waals surface area (Å²) in [5.41, 5.74) is 15.6. The van der Waals surface area contributed by atoms with E-state index in [0.29, 0.717) is 0 Å². The van der Waals surface area contributed by atoms with E-state index in [4.69, 9.17) is 0 Å². The maximum atomic E-state index is 2.99. The molecule has 0 nitrogen and oxygen atoms in total. The minimum atomic E-state index is 1.14. The summed E-state index contributed by atoms with van der Waals surface area (Å²) >= 11 is 0. The van der Waals surface area contributed by atoms with Crippen LogP contribution in [0.3, 0.4) is 0 Å². The lowest BCUT2D eigenvalue weighted by Crippen LogP contribution is -1.78. The van der Waals surface area contributed by atoms with E-state index < -0.39 is 0 Å². The van der Waals surface area contributed by atoms with Gasteiger partial charge in [-0.25, -0.2) is 0 Å². The molecule has 0 aromatic rings. The molecule has 3 aliphatic rings. The van der Waals surface area contributed by atoms with Crippen molar-refractivity contribution in [2.24, 2.45) is 0 Å². The minimum absolute atomic E-state index is 1.14. The Labute approximate surface area is 129 Å². The summed E-state index contributed by atoms with van der Waals surface area (Å²) in [7, 11) is 0. The highest BCUT2D eigenvalue weighted by atomic mass is 13.9.